The summed E-state index contributed by atoms with van der Waals surface area (Å²) in [5, 5.41) is 9.51. The third-order valence-electron chi connectivity index (χ3n) is 3.96. The Balaban J connectivity index is 1.65. The molecule has 3 heterocycles. The van der Waals surface area contributed by atoms with E-state index in [0.29, 0.717) is 11.1 Å². The van der Waals surface area contributed by atoms with E-state index in [0.717, 1.165) is 36.7 Å². The minimum atomic E-state index is -0.124. The van der Waals surface area contributed by atoms with Crippen molar-refractivity contribution in [3.63, 3.8) is 0 Å². The molecule has 1 aliphatic heterocycles. The number of carbonyl (C=O) groups is 1. The van der Waals surface area contributed by atoms with Gasteiger partial charge in [-0.2, -0.15) is 0 Å². The van der Waals surface area contributed by atoms with Gasteiger partial charge in [0, 0.05) is 25.8 Å². The molecular weight excluding hydrogens is 292 g/mol. The summed E-state index contributed by atoms with van der Waals surface area (Å²) < 4.78 is 0. The molecule has 5 N–H and O–H groups in total. The molecule has 0 aliphatic carbocycles. The number of H-pyrrole nitrogens is 2. The average molecular weight is 310 g/mol. The molecule has 3 aromatic rings. The highest BCUT2D eigenvalue weighted by atomic mass is 16.1. The largest absolute Gasteiger partial charge is 0.359 e. The van der Waals surface area contributed by atoms with Crippen LogP contribution in [0.4, 0.5) is 0 Å². The van der Waals surface area contributed by atoms with Crippen LogP contribution in [-0.2, 0) is 0 Å². The van der Waals surface area contributed by atoms with Gasteiger partial charge in [-0.25, -0.2) is 4.98 Å². The van der Waals surface area contributed by atoms with Crippen LogP contribution < -0.4 is 16.0 Å². The number of amides is 1. The number of fused-ring (bicyclic) bond motifs is 1. The van der Waals surface area contributed by atoms with Gasteiger partial charge >= 0.3 is 0 Å². The van der Waals surface area contributed by atoms with Gasteiger partial charge in [-0.15, -0.1) is 0 Å². The predicted octanol–water partition coefficient (Wildman–Crippen LogP) is 0.807. The van der Waals surface area contributed by atoms with Crippen molar-refractivity contribution >= 4 is 16.9 Å². The zero-order valence-electron chi connectivity index (χ0n) is 12.5. The van der Waals surface area contributed by atoms with Crippen molar-refractivity contribution in [1.29, 1.82) is 0 Å². The number of para-hydroxylation sites is 1. The molecular formula is C16H18N6O. The summed E-state index contributed by atoms with van der Waals surface area (Å²) in [5.74, 6) is 0.601. The second-order valence-corrected chi connectivity index (χ2v) is 5.56. The van der Waals surface area contributed by atoms with Crippen LogP contribution in [0.3, 0.4) is 0 Å². The van der Waals surface area contributed by atoms with E-state index >= 15 is 0 Å². The first-order valence-electron chi connectivity index (χ1n) is 7.69. The van der Waals surface area contributed by atoms with Gasteiger partial charge in [-0.3, -0.25) is 10.1 Å². The number of nitrogens with zero attached hydrogens (tertiary/aromatic N) is 1. The number of nitrogens with one attached hydrogen (secondary N) is 5. The lowest BCUT2D eigenvalue weighted by Gasteiger charge is -2.25. The minimum absolute atomic E-state index is 0.0617. The van der Waals surface area contributed by atoms with Crippen molar-refractivity contribution in [2.24, 2.45) is 0 Å². The zero-order valence-corrected chi connectivity index (χ0v) is 12.5. The van der Waals surface area contributed by atoms with Gasteiger partial charge < -0.3 is 20.6 Å². The first-order valence-corrected chi connectivity index (χ1v) is 7.69. The summed E-state index contributed by atoms with van der Waals surface area (Å²) in [6.45, 7) is 2.48. The molecule has 118 valence electrons. The molecule has 0 saturated carbocycles. The number of hydrogen-bond donors (Lipinski definition) is 5. The topological polar surface area (TPSA) is 97.6 Å². The molecule has 1 fully saturated rings. The Morgan fingerprint density at radius 2 is 2.17 bits per heavy atom. The van der Waals surface area contributed by atoms with Crippen molar-refractivity contribution in [3.05, 3.63) is 42.1 Å². The zero-order chi connectivity index (χ0) is 15.6. The van der Waals surface area contributed by atoms with E-state index in [1.807, 2.05) is 30.5 Å². The molecule has 23 heavy (non-hydrogen) atoms. The van der Waals surface area contributed by atoms with Crippen LogP contribution in [0, 0.1) is 0 Å². The number of benzene rings is 1. The van der Waals surface area contributed by atoms with E-state index < -0.39 is 0 Å². The fourth-order valence-electron chi connectivity index (χ4n) is 2.81. The molecule has 1 aromatic carbocycles. The fourth-order valence-corrected chi connectivity index (χ4v) is 2.81. The van der Waals surface area contributed by atoms with Gasteiger partial charge in [-0.05, 0) is 24.3 Å². The molecule has 1 unspecified atom stereocenters. The highest BCUT2D eigenvalue weighted by molar-refractivity contribution is 6.05. The van der Waals surface area contributed by atoms with Crippen LogP contribution >= 0.6 is 0 Å². The first kappa shape index (κ1) is 14.0. The van der Waals surface area contributed by atoms with Crippen molar-refractivity contribution in [1.82, 2.24) is 30.9 Å². The van der Waals surface area contributed by atoms with Crippen LogP contribution in [0.2, 0.25) is 0 Å². The maximum Gasteiger partial charge on any atom is 0.254 e. The number of piperazine rings is 1. The molecule has 1 amide bonds. The Morgan fingerprint density at radius 1 is 1.22 bits per heavy atom. The van der Waals surface area contributed by atoms with Crippen LogP contribution in [0.25, 0.3) is 22.6 Å². The van der Waals surface area contributed by atoms with E-state index in [2.05, 4.69) is 30.9 Å². The lowest BCUT2D eigenvalue weighted by molar-refractivity contribution is 0.0926. The minimum Gasteiger partial charge on any atom is -0.359 e. The summed E-state index contributed by atoms with van der Waals surface area (Å²) in [5.41, 5.74) is 2.99. The van der Waals surface area contributed by atoms with Gasteiger partial charge in [-0.1, -0.05) is 6.07 Å². The molecule has 1 saturated heterocycles. The van der Waals surface area contributed by atoms with E-state index in [1.165, 1.54) is 0 Å². The molecule has 4 rings (SSSR count). The predicted molar refractivity (Wildman–Crippen MR) is 88.0 cm³/mol. The van der Waals surface area contributed by atoms with Gasteiger partial charge in [0.15, 0.2) is 5.82 Å². The van der Waals surface area contributed by atoms with E-state index in [9.17, 15) is 4.79 Å². The number of aromatic amines is 2. The normalized spacial score (nSPS) is 18.2. The van der Waals surface area contributed by atoms with Crippen molar-refractivity contribution < 1.29 is 4.79 Å². The van der Waals surface area contributed by atoms with Gasteiger partial charge in [0.1, 0.15) is 5.52 Å². The van der Waals surface area contributed by atoms with E-state index in [1.54, 1.807) is 6.07 Å². The first-order chi connectivity index (χ1) is 11.3. The molecule has 1 aliphatic rings. The van der Waals surface area contributed by atoms with Crippen LogP contribution in [0.1, 0.15) is 10.4 Å². The molecule has 2 aromatic heterocycles. The van der Waals surface area contributed by atoms with Crippen LogP contribution in [0.15, 0.2) is 36.5 Å². The smallest absolute Gasteiger partial charge is 0.254 e. The monoisotopic (exact) mass is 310 g/mol. The molecule has 0 bridgehead atoms. The second-order valence-electron chi connectivity index (χ2n) is 5.56. The SMILES string of the molecule is O=C(NC1CNCCN1)c1cccc2[nH]c(-c3ccc[nH]3)nc12. The Bertz CT molecular complexity index is 816. The third-order valence-corrected chi connectivity index (χ3v) is 3.96. The Hall–Kier alpha value is -2.64. The maximum absolute atomic E-state index is 12.6. The molecule has 7 heteroatoms. The maximum atomic E-state index is 12.6. The number of imidazole rings is 1. The second kappa shape index (κ2) is 5.86. The third kappa shape index (κ3) is 2.71. The Labute approximate surface area is 132 Å². The van der Waals surface area contributed by atoms with Gasteiger partial charge in [0.25, 0.3) is 5.91 Å². The van der Waals surface area contributed by atoms with Crippen molar-refractivity contribution in [3.8, 4) is 11.5 Å². The number of rotatable bonds is 3. The standard InChI is InChI=1S/C16H18N6O/c23-16(21-13-9-17-7-8-19-13)10-3-1-4-11-14(10)22-15(20-11)12-5-2-6-18-12/h1-6,13,17-19H,7-9H2,(H,20,22)(H,21,23). The summed E-state index contributed by atoms with van der Waals surface area (Å²) in [6.07, 6.45) is 1.78. The van der Waals surface area contributed by atoms with Crippen molar-refractivity contribution in [2.45, 2.75) is 6.17 Å². The summed E-state index contributed by atoms with van der Waals surface area (Å²) in [4.78, 5) is 23.5. The lowest BCUT2D eigenvalue weighted by atomic mass is 10.1. The van der Waals surface area contributed by atoms with Crippen LogP contribution in [0.5, 0.6) is 0 Å². The molecule has 0 spiro atoms. The molecule has 0 radical (unpaired) electrons. The fraction of sp³-hybridized carbons (Fsp3) is 0.250. The van der Waals surface area contributed by atoms with E-state index in [4.69, 9.17) is 0 Å². The summed E-state index contributed by atoms with van der Waals surface area (Å²) in [7, 11) is 0. The number of aromatic nitrogens is 3. The Kier molecular flexibility index (Phi) is 3.57. The lowest BCUT2D eigenvalue weighted by Crippen LogP contribution is -2.57. The average Bonchev–Trinajstić information content (AvgIpc) is 3.24. The van der Waals surface area contributed by atoms with Gasteiger partial charge in [0.2, 0.25) is 0 Å². The molecule has 1 atom stereocenters. The van der Waals surface area contributed by atoms with Crippen LogP contribution in [-0.4, -0.2) is 46.7 Å². The summed E-state index contributed by atoms with van der Waals surface area (Å²) in [6, 6.07) is 9.44. The molecule has 7 nitrogen and oxygen atoms in total. The van der Waals surface area contributed by atoms with E-state index in [-0.39, 0.29) is 12.1 Å². The Morgan fingerprint density at radius 3 is 2.96 bits per heavy atom. The quantitative estimate of drug-likeness (QED) is 0.494. The number of carbonyl (C=O) groups excluding carboxylic acids is 1. The summed E-state index contributed by atoms with van der Waals surface area (Å²) >= 11 is 0. The van der Waals surface area contributed by atoms with Crippen molar-refractivity contribution in [2.75, 3.05) is 19.6 Å². The highest BCUT2D eigenvalue weighted by Crippen LogP contribution is 2.21. The van der Waals surface area contributed by atoms with Gasteiger partial charge in [0.05, 0.1) is 22.9 Å². The number of hydrogen-bond acceptors (Lipinski definition) is 4. The highest BCUT2D eigenvalue weighted by Gasteiger charge is 2.19.